The minimum atomic E-state index is -0.809. The van der Waals surface area contributed by atoms with Gasteiger partial charge in [-0.1, -0.05) is 0 Å². The molecular formula is C17H26BNO6. The van der Waals surface area contributed by atoms with Gasteiger partial charge in [0.05, 0.1) is 29.5 Å². The van der Waals surface area contributed by atoms with Crippen molar-refractivity contribution in [3.05, 3.63) is 17.8 Å². The Morgan fingerprint density at radius 2 is 1.64 bits per heavy atom. The zero-order valence-corrected chi connectivity index (χ0v) is 16.1. The highest BCUT2D eigenvalue weighted by molar-refractivity contribution is 6.62. The second-order valence-corrected chi connectivity index (χ2v) is 8.08. The number of hydrogen-bond donors (Lipinski definition) is 0. The summed E-state index contributed by atoms with van der Waals surface area (Å²) < 4.78 is 23.4. The predicted molar refractivity (Wildman–Crippen MR) is 93.1 cm³/mol. The molecule has 2 heterocycles. The van der Waals surface area contributed by atoms with E-state index in [0.717, 1.165) is 0 Å². The summed E-state index contributed by atoms with van der Waals surface area (Å²) in [6, 6.07) is 1.53. The van der Waals surface area contributed by atoms with Crippen LogP contribution in [-0.2, 0) is 18.8 Å². The second kappa shape index (κ2) is 6.18. The van der Waals surface area contributed by atoms with Crippen molar-refractivity contribution in [3.63, 3.8) is 0 Å². The SMILES string of the molecule is COC(=O)c1cc(B2OC(C)(C)C(C)(C)O2)n(C(=O)OC(C)(C)C)c1. The van der Waals surface area contributed by atoms with E-state index in [2.05, 4.69) is 0 Å². The third-order valence-corrected chi connectivity index (χ3v) is 4.36. The van der Waals surface area contributed by atoms with Gasteiger partial charge >= 0.3 is 19.2 Å². The standard InChI is InChI=1S/C17H26BNO6/c1-15(2,3)23-14(21)19-10-11(13(20)22-8)9-12(19)18-24-16(4,5)17(6,7)25-18/h9-10H,1-8H3. The molecule has 0 amide bonds. The number of methoxy groups -OCH3 is 1. The molecular weight excluding hydrogens is 325 g/mol. The van der Waals surface area contributed by atoms with Crippen LogP contribution in [0.5, 0.6) is 0 Å². The Hall–Kier alpha value is -1.80. The number of ether oxygens (including phenoxy) is 2. The fourth-order valence-corrected chi connectivity index (χ4v) is 2.32. The maximum atomic E-state index is 12.6. The summed E-state index contributed by atoms with van der Waals surface area (Å²) in [4.78, 5) is 24.4. The third-order valence-electron chi connectivity index (χ3n) is 4.36. The second-order valence-electron chi connectivity index (χ2n) is 8.08. The van der Waals surface area contributed by atoms with Gasteiger partial charge in [0.15, 0.2) is 0 Å². The van der Waals surface area contributed by atoms with Crippen LogP contribution >= 0.6 is 0 Å². The van der Waals surface area contributed by atoms with Gasteiger partial charge in [0.1, 0.15) is 5.60 Å². The lowest BCUT2D eigenvalue weighted by atomic mass is 9.84. The first kappa shape index (κ1) is 19.5. The van der Waals surface area contributed by atoms with E-state index in [1.54, 1.807) is 20.8 Å². The Kier molecular flexibility index (Phi) is 4.82. The van der Waals surface area contributed by atoms with Gasteiger partial charge in [-0.15, -0.1) is 0 Å². The van der Waals surface area contributed by atoms with Gasteiger partial charge in [0.25, 0.3) is 0 Å². The monoisotopic (exact) mass is 351 g/mol. The molecule has 0 unspecified atom stereocenters. The fraction of sp³-hybridized carbons (Fsp3) is 0.647. The Bertz CT molecular complexity index is 670. The molecule has 0 spiro atoms. The quantitative estimate of drug-likeness (QED) is 0.601. The molecule has 1 aliphatic heterocycles. The van der Waals surface area contributed by atoms with Crippen molar-refractivity contribution < 1.29 is 28.4 Å². The van der Waals surface area contributed by atoms with Crippen molar-refractivity contribution >= 4 is 24.8 Å². The number of carbonyl (C=O) groups excluding carboxylic acids is 2. The minimum absolute atomic E-state index is 0.220. The van der Waals surface area contributed by atoms with E-state index >= 15 is 0 Å². The van der Waals surface area contributed by atoms with Crippen LogP contribution in [0.1, 0.15) is 58.8 Å². The molecule has 7 nitrogen and oxygen atoms in total. The van der Waals surface area contributed by atoms with Crippen LogP contribution in [0.4, 0.5) is 4.79 Å². The highest BCUT2D eigenvalue weighted by Gasteiger charge is 2.53. The first-order valence-electron chi connectivity index (χ1n) is 8.17. The number of nitrogens with zero attached hydrogens (tertiary/aromatic N) is 1. The molecule has 25 heavy (non-hydrogen) atoms. The average Bonchev–Trinajstić information content (AvgIpc) is 2.96. The molecule has 1 aliphatic rings. The van der Waals surface area contributed by atoms with Crippen molar-refractivity contribution in [3.8, 4) is 0 Å². The molecule has 0 aliphatic carbocycles. The van der Waals surface area contributed by atoms with E-state index < -0.39 is 36.0 Å². The molecule has 1 fully saturated rings. The Morgan fingerprint density at radius 1 is 1.12 bits per heavy atom. The van der Waals surface area contributed by atoms with Crippen molar-refractivity contribution in [1.29, 1.82) is 0 Å². The van der Waals surface area contributed by atoms with E-state index in [-0.39, 0.29) is 5.56 Å². The summed E-state index contributed by atoms with van der Waals surface area (Å²) in [7, 11) is 0.470. The Labute approximate surface area is 148 Å². The number of rotatable bonds is 2. The van der Waals surface area contributed by atoms with Gasteiger partial charge in [0, 0.05) is 6.20 Å². The maximum Gasteiger partial charge on any atom is 0.513 e. The fourth-order valence-electron chi connectivity index (χ4n) is 2.32. The van der Waals surface area contributed by atoms with Gasteiger partial charge in [-0.3, -0.25) is 4.57 Å². The molecule has 138 valence electrons. The Morgan fingerprint density at radius 3 is 2.08 bits per heavy atom. The van der Waals surface area contributed by atoms with Crippen LogP contribution in [0, 0.1) is 0 Å². The Balaban J connectivity index is 2.44. The molecule has 0 aromatic carbocycles. The van der Waals surface area contributed by atoms with Crippen LogP contribution in [0.25, 0.3) is 0 Å². The van der Waals surface area contributed by atoms with Gasteiger partial charge in [-0.05, 0) is 54.5 Å². The number of hydrogen-bond acceptors (Lipinski definition) is 6. The van der Waals surface area contributed by atoms with Crippen LogP contribution in [-0.4, -0.2) is 47.7 Å². The summed E-state index contributed by atoms with van der Waals surface area (Å²) in [6.45, 7) is 13.0. The van der Waals surface area contributed by atoms with Crippen LogP contribution in [0.2, 0.25) is 0 Å². The topological polar surface area (TPSA) is 76.0 Å². The average molecular weight is 351 g/mol. The predicted octanol–water partition coefficient (Wildman–Crippen LogP) is 2.36. The van der Waals surface area contributed by atoms with Gasteiger partial charge in [0.2, 0.25) is 0 Å². The van der Waals surface area contributed by atoms with Crippen LogP contribution < -0.4 is 5.59 Å². The third kappa shape index (κ3) is 3.90. The molecule has 0 atom stereocenters. The lowest BCUT2D eigenvalue weighted by Gasteiger charge is -2.32. The van der Waals surface area contributed by atoms with Gasteiger partial charge in [-0.25, -0.2) is 9.59 Å². The maximum absolute atomic E-state index is 12.6. The number of esters is 1. The zero-order valence-electron chi connectivity index (χ0n) is 16.1. The summed E-state index contributed by atoms with van der Waals surface area (Å²) in [5, 5.41) is 0. The van der Waals surface area contributed by atoms with Gasteiger partial charge in [-0.2, -0.15) is 0 Å². The first-order valence-corrected chi connectivity index (χ1v) is 8.17. The van der Waals surface area contributed by atoms with Crippen molar-refractivity contribution in [2.24, 2.45) is 0 Å². The summed E-state index contributed by atoms with van der Waals surface area (Å²) in [6.07, 6.45) is 0.757. The first-order chi connectivity index (χ1) is 11.3. The molecule has 1 aromatic rings. The molecule has 1 aromatic heterocycles. The van der Waals surface area contributed by atoms with Crippen molar-refractivity contribution in [2.45, 2.75) is 65.3 Å². The molecule has 2 rings (SSSR count). The minimum Gasteiger partial charge on any atom is -0.465 e. The lowest BCUT2D eigenvalue weighted by molar-refractivity contribution is 0.00578. The number of carbonyl (C=O) groups is 2. The largest absolute Gasteiger partial charge is 0.513 e. The van der Waals surface area contributed by atoms with E-state index in [9.17, 15) is 9.59 Å². The van der Waals surface area contributed by atoms with E-state index in [0.29, 0.717) is 5.59 Å². The highest BCUT2D eigenvalue weighted by atomic mass is 16.7. The molecule has 0 N–H and O–H groups in total. The smallest absolute Gasteiger partial charge is 0.465 e. The normalized spacial score (nSPS) is 19.0. The summed E-state index contributed by atoms with van der Waals surface area (Å²) >= 11 is 0. The van der Waals surface area contributed by atoms with E-state index in [1.165, 1.54) is 23.9 Å². The van der Waals surface area contributed by atoms with Gasteiger partial charge < -0.3 is 18.8 Å². The van der Waals surface area contributed by atoms with E-state index in [4.69, 9.17) is 18.8 Å². The molecule has 0 bridgehead atoms. The summed E-state index contributed by atoms with van der Waals surface area (Å²) in [5.41, 5.74) is -1.23. The van der Waals surface area contributed by atoms with Crippen LogP contribution in [0.3, 0.4) is 0 Å². The zero-order chi connectivity index (χ0) is 19.2. The summed E-state index contributed by atoms with van der Waals surface area (Å²) in [5.74, 6) is -0.555. The van der Waals surface area contributed by atoms with Crippen molar-refractivity contribution in [1.82, 2.24) is 4.57 Å². The lowest BCUT2D eigenvalue weighted by Crippen LogP contribution is -2.42. The van der Waals surface area contributed by atoms with E-state index in [1.807, 2.05) is 27.7 Å². The molecule has 1 saturated heterocycles. The molecule has 8 heteroatoms. The molecule has 0 radical (unpaired) electrons. The molecule has 0 saturated carbocycles. The highest BCUT2D eigenvalue weighted by Crippen LogP contribution is 2.36. The van der Waals surface area contributed by atoms with Crippen LogP contribution in [0.15, 0.2) is 12.3 Å². The number of aromatic nitrogens is 1. The van der Waals surface area contributed by atoms with Crippen molar-refractivity contribution in [2.75, 3.05) is 7.11 Å².